The van der Waals surface area contributed by atoms with Gasteiger partial charge in [-0.15, -0.1) is 0 Å². The van der Waals surface area contributed by atoms with Crippen molar-refractivity contribution in [1.29, 1.82) is 0 Å². The number of hydrogen-bond acceptors (Lipinski definition) is 3. The molecule has 2 rings (SSSR count). The fourth-order valence-corrected chi connectivity index (χ4v) is 3.14. The summed E-state index contributed by atoms with van der Waals surface area (Å²) in [6.07, 6.45) is 1.97. The van der Waals surface area contributed by atoms with E-state index in [1.54, 1.807) is 0 Å². The highest BCUT2D eigenvalue weighted by atomic mass is 79.9. The second-order valence-corrected chi connectivity index (χ2v) is 6.28. The molecular weight excluding hydrogens is 304 g/mol. The van der Waals surface area contributed by atoms with E-state index in [0.717, 1.165) is 36.9 Å². The van der Waals surface area contributed by atoms with Crippen LogP contribution in [0.5, 0.6) is 0 Å². The molecule has 2 N–H and O–H groups in total. The van der Waals surface area contributed by atoms with Crippen LogP contribution in [0.2, 0.25) is 0 Å². The Morgan fingerprint density at radius 3 is 2.68 bits per heavy atom. The molecule has 1 heterocycles. The summed E-state index contributed by atoms with van der Waals surface area (Å²) in [5.41, 5.74) is 2.65. The van der Waals surface area contributed by atoms with Gasteiger partial charge in [0.05, 0.1) is 6.10 Å². The molecule has 4 heteroatoms. The van der Waals surface area contributed by atoms with Crippen LogP contribution in [0.25, 0.3) is 0 Å². The zero-order valence-corrected chi connectivity index (χ0v) is 13.3. The highest BCUT2D eigenvalue weighted by molar-refractivity contribution is 9.10. The van der Waals surface area contributed by atoms with Crippen LogP contribution in [-0.4, -0.2) is 31.3 Å². The SMILES string of the molecule is CNCc1ccc(Br)cc1N1CCC(C(C)O)CC1. The second-order valence-electron chi connectivity index (χ2n) is 5.37. The zero-order valence-electron chi connectivity index (χ0n) is 11.7. The Kier molecular flexibility index (Phi) is 5.25. The first-order valence-corrected chi connectivity index (χ1v) is 7.77. The van der Waals surface area contributed by atoms with Gasteiger partial charge in [-0.2, -0.15) is 0 Å². The van der Waals surface area contributed by atoms with Crippen LogP contribution in [0.3, 0.4) is 0 Å². The fourth-order valence-electron chi connectivity index (χ4n) is 2.79. The van der Waals surface area contributed by atoms with Crippen molar-refractivity contribution in [3.8, 4) is 0 Å². The van der Waals surface area contributed by atoms with E-state index in [0.29, 0.717) is 5.92 Å². The van der Waals surface area contributed by atoms with Crippen molar-refractivity contribution < 1.29 is 5.11 Å². The van der Waals surface area contributed by atoms with Crippen LogP contribution in [0.15, 0.2) is 22.7 Å². The summed E-state index contributed by atoms with van der Waals surface area (Å²) in [6, 6.07) is 6.48. The topological polar surface area (TPSA) is 35.5 Å². The molecule has 0 aromatic heterocycles. The Labute approximate surface area is 124 Å². The normalized spacial score (nSPS) is 18.6. The number of piperidine rings is 1. The van der Waals surface area contributed by atoms with Crippen LogP contribution in [0.1, 0.15) is 25.3 Å². The smallest absolute Gasteiger partial charge is 0.0541 e. The van der Waals surface area contributed by atoms with Gasteiger partial charge in [0.15, 0.2) is 0 Å². The molecule has 0 bridgehead atoms. The lowest BCUT2D eigenvalue weighted by atomic mass is 9.91. The van der Waals surface area contributed by atoms with Gasteiger partial charge in [-0.3, -0.25) is 0 Å². The average molecular weight is 327 g/mol. The molecule has 0 spiro atoms. The minimum absolute atomic E-state index is 0.179. The summed E-state index contributed by atoms with van der Waals surface area (Å²) in [4.78, 5) is 2.44. The minimum atomic E-state index is -0.179. The standard InChI is InChI=1S/C15H23BrN2O/c1-11(19)12-5-7-18(8-6-12)15-9-14(16)4-3-13(15)10-17-2/h3-4,9,11-12,17,19H,5-8,10H2,1-2H3. The molecular formula is C15H23BrN2O. The number of anilines is 1. The number of nitrogens with one attached hydrogen (secondary N) is 1. The Balaban J connectivity index is 2.12. The Hall–Kier alpha value is -0.580. The summed E-state index contributed by atoms with van der Waals surface area (Å²) in [6.45, 7) is 4.86. The van der Waals surface area contributed by atoms with E-state index in [2.05, 4.69) is 44.3 Å². The van der Waals surface area contributed by atoms with E-state index in [4.69, 9.17) is 0 Å². The van der Waals surface area contributed by atoms with Crippen molar-refractivity contribution in [1.82, 2.24) is 5.32 Å². The summed E-state index contributed by atoms with van der Waals surface area (Å²) in [5, 5.41) is 12.9. The van der Waals surface area contributed by atoms with Gasteiger partial charge < -0.3 is 15.3 Å². The maximum atomic E-state index is 9.68. The van der Waals surface area contributed by atoms with Crippen LogP contribution in [0.4, 0.5) is 5.69 Å². The van der Waals surface area contributed by atoms with Crippen LogP contribution < -0.4 is 10.2 Å². The quantitative estimate of drug-likeness (QED) is 0.893. The lowest BCUT2D eigenvalue weighted by molar-refractivity contribution is 0.110. The Morgan fingerprint density at radius 1 is 1.42 bits per heavy atom. The monoisotopic (exact) mass is 326 g/mol. The van der Waals surface area contributed by atoms with E-state index in [1.165, 1.54) is 11.3 Å². The van der Waals surface area contributed by atoms with Crippen molar-refractivity contribution in [2.24, 2.45) is 5.92 Å². The van der Waals surface area contributed by atoms with Gasteiger partial charge in [0.25, 0.3) is 0 Å². The molecule has 106 valence electrons. The van der Waals surface area contributed by atoms with Gasteiger partial charge in [0.1, 0.15) is 0 Å². The minimum Gasteiger partial charge on any atom is -0.393 e. The lowest BCUT2D eigenvalue weighted by Gasteiger charge is -2.36. The highest BCUT2D eigenvalue weighted by Crippen LogP contribution is 2.30. The molecule has 1 unspecified atom stereocenters. The molecule has 1 aliphatic rings. The summed E-state index contributed by atoms with van der Waals surface area (Å²) >= 11 is 3.56. The van der Waals surface area contributed by atoms with E-state index in [1.807, 2.05) is 14.0 Å². The number of halogens is 1. The number of aliphatic hydroxyl groups is 1. The molecule has 1 aliphatic heterocycles. The number of hydrogen-bond donors (Lipinski definition) is 2. The number of nitrogens with zero attached hydrogens (tertiary/aromatic N) is 1. The van der Waals surface area contributed by atoms with Crippen molar-refractivity contribution in [3.63, 3.8) is 0 Å². The van der Waals surface area contributed by atoms with E-state index in [-0.39, 0.29) is 6.10 Å². The number of aliphatic hydroxyl groups excluding tert-OH is 1. The molecule has 3 nitrogen and oxygen atoms in total. The molecule has 1 aromatic carbocycles. The third-order valence-corrected chi connectivity index (χ3v) is 4.47. The second kappa shape index (κ2) is 6.73. The predicted molar refractivity (Wildman–Crippen MR) is 83.5 cm³/mol. The van der Waals surface area contributed by atoms with Gasteiger partial charge in [-0.25, -0.2) is 0 Å². The third-order valence-electron chi connectivity index (χ3n) is 3.98. The third kappa shape index (κ3) is 3.71. The summed E-state index contributed by atoms with van der Waals surface area (Å²) in [5.74, 6) is 0.455. The molecule has 0 aliphatic carbocycles. The largest absolute Gasteiger partial charge is 0.393 e. The van der Waals surface area contributed by atoms with Crippen LogP contribution >= 0.6 is 15.9 Å². The van der Waals surface area contributed by atoms with Crippen molar-refractivity contribution in [3.05, 3.63) is 28.2 Å². The van der Waals surface area contributed by atoms with Crippen molar-refractivity contribution in [2.75, 3.05) is 25.0 Å². The molecule has 1 aromatic rings. The first-order chi connectivity index (χ1) is 9.11. The summed E-state index contributed by atoms with van der Waals surface area (Å²) in [7, 11) is 1.98. The molecule has 19 heavy (non-hydrogen) atoms. The molecule has 1 saturated heterocycles. The highest BCUT2D eigenvalue weighted by Gasteiger charge is 2.23. The molecule has 0 amide bonds. The van der Waals surface area contributed by atoms with Gasteiger partial charge >= 0.3 is 0 Å². The van der Waals surface area contributed by atoms with Crippen LogP contribution in [0, 0.1) is 5.92 Å². The molecule has 1 atom stereocenters. The lowest BCUT2D eigenvalue weighted by Crippen LogP contribution is -2.37. The maximum absolute atomic E-state index is 9.68. The van der Waals surface area contributed by atoms with Crippen molar-refractivity contribution >= 4 is 21.6 Å². The van der Waals surface area contributed by atoms with Gasteiger partial charge in [-0.05, 0) is 50.4 Å². The Bertz CT molecular complexity index is 415. The van der Waals surface area contributed by atoms with Crippen molar-refractivity contribution in [2.45, 2.75) is 32.4 Å². The van der Waals surface area contributed by atoms with Gasteiger partial charge in [-0.1, -0.05) is 22.0 Å². The number of benzene rings is 1. The first kappa shape index (κ1) is 14.8. The van der Waals surface area contributed by atoms with E-state index < -0.39 is 0 Å². The number of rotatable bonds is 4. The maximum Gasteiger partial charge on any atom is 0.0541 e. The van der Waals surface area contributed by atoms with E-state index in [9.17, 15) is 5.11 Å². The molecule has 0 radical (unpaired) electrons. The molecule has 1 fully saturated rings. The van der Waals surface area contributed by atoms with Gasteiger partial charge in [0, 0.05) is 29.8 Å². The first-order valence-electron chi connectivity index (χ1n) is 6.98. The van der Waals surface area contributed by atoms with Crippen LogP contribution in [-0.2, 0) is 6.54 Å². The summed E-state index contributed by atoms with van der Waals surface area (Å²) < 4.78 is 1.13. The Morgan fingerprint density at radius 2 is 2.11 bits per heavy atom. The molecule has 0 saturated carbocycles. The average Bonchev–Trinajstić information content (AvgIpc) is 2.41. The zero-order chi connectivity index (χ0) is 13.8. The predicted octanol–water partition coefficient (Wildman–Crippen LogP) is 2.77. The van der Waals surface area contributed by atoms with E-state index >= 15 is 0 Å². The van der Waals surface area contributed by atoms with Gasteiger partial charge in [0.2, 0.25) is 0 Å². The fraction of sp³-hybridized carbons (Fsp3) is 0.600.